The van der Waals surface area contributed by atoms with Crippen molar-refractivity contribution in [2.75, 3.05) is 5.32 Å². The number of nitrogens with zero attached hydrogens (tertiary/aromatic N) is 3. The van der Waals surface area contributed by atoms with Gasteiger partial charge in [-0.1, -0.05) is 11.6 Å². The third kappa shape index (κ3) is 2.73. The molecule has 0 bridgehead atoms. The molecule has 3 heterocycles. The van der Waals surface area contributed by atoms with Crippen LogP contribution in [0.25, 0.3) is 5.65 Å². The minimum atomic E-state index is -0.315. The molecular formula is C16H15ClN4O2. The van der Waals surface area contributed by atoms with Crippen LogP contribution in [0.15, 0.2) is 30.6 Å². The maximum atomic E-state index is 12.5. The predicted molar refractivity (Wildman–Crippen MR) is 88.3 cm³/mol. The van der Waals surface area contributed by atoms with Crippen LogP contribution in [0.4, 0.5) is 5.82 Å². The highest BCUT2D eigenvalue weighted by atomic mass is 35.5. The fourth-order valence-electron chi connectivity index (χ4n) is 2.44. The van der Waals surface area contributed by atoms with Gasteiger partial charge in [0.25, 0.3) is 5.91 Å². The van der Waals surface area contributed by atoms with Crippen LogP contribution in [0.1, 0.15) is 33.5 Å². The first kappa shape index (κ1) is 15.3. The molecule has 0 aliphatic carbocycles. The van der Waals surface area contributed by atoms with Crippen molar-refractivity contribution in [3.8, 4) is 0 Å². The minimum Gasteiger partial charge on any atom is -0.346 e. The van der Waals surface area contributed by atoms with E-state index in [1.54, 1.807) is 46.6 Å². The molecule has 0 aromatic carbocycles. The average molecular weight is 331 g/mol. The molecule has 7 heteroatoms. The summed E-state index contributed by atoms with van der Waals surface area (Å²) < 4.78 is 3.35. The van der Waals surface area contributed by atoms with Gasteiger partial charge in [0.15, 0.2) is 5.78 Å². The van der Waals surface area contributed by atoms with Gasteiger partial charge in [0, 0.05) is 25.0 Å². The number of amides is 1. The summed E-state index contributed by atoms with van der Waals surface area (Å²) >= 11 is 6.01. The molecule has 3 aromatic heterocycles. The second-order valence-corrected chi connectivity index (χ2v) is 5.79. The molecule has 0 atom stereocenters. The summed E-state index contributed by atoms with van der Waals surface area (Å²) in [5.41, 5.74) is 2.27. The van der Waals surface area contributed by atoms with Gasteiger partial charge in [-0.05, 0) is 32.0 Å². The smallest absolute Gasteiger partial charge is 0.273 e. The molecule has 118 valence electrons. The Balaban J connectivity index is 1.99. The van der Waals surface area contributed by atoms with E-state index < -0.39 is 0 Å². The zero-order chi connectivity index (χ0) is 16.7. The number of nitrogens with one attached hydrogen (secondary N) is 1. The number of imidazole rings is 1. The first-order chi connectivity index (χ1) is 10.9. The number of anilines is 1. The van der Waals surface area contributed by atoms with E-state index in [0.29, 0.717) is 33.4 Å². The predicted octanol–water partition coefficient (Wildman–Crippen LogP) is 3.09. The Kier molecular flexibility index (Phi) is 3.69. The van der Waals surface area contributed by atoms with Crippen molar-refractivity contribution < 1.29 is 9.59 Å². The molecule has 0 unspecified atom stereocenters. The number of pyridine rings is 1. The fraction of sp³-hybridized carbons (Fsp3) is 0.188. The van der Waals surface area contributed by atoms with Crippen LogP contribution in [-0.4, -0.2) is 25.6 Å². The van der Waals surface area contributed by atoms with Crippen LogP contribution < -0.4 is 5.32 Å². The second-order valence-electron chi connectivity index (χ2n) is 5.36. The van der Waals surface area contributed by atoms with Crippen molar-refractivity contribution in [1.29, 1.82) is 0 Å². The maximum Gasteiger partial charge on any atom is 0.273 e. The monoisotopic (exact) mass is 330 g/mol. The quantitative estimate of drug-likeness (QED) is 0.750. The Morgan fingerprint density at radius 1 is 1.26 bits per heavy atom. The molecule has 0 saturated carbocycles. The first-order valence-corrected chi connectivity index (χ1v) is 7.37. The summed E-state index contributed by atoms with van der Waals surface area (Å²) in [4.78, 5) is 28.4. The molecule has 0 fully saturated rings. The van der Waals surface area contributed by atoms with Gasteiger partial charge in [-0.25, -0.2) is 4.98 Å². The fourth-order valence-corrected chi connectivity index (χ4v) is 2.60. The van der Waals surface area contributed by atoms with Crippen LogP contribution >= 0.6 is 11.6 Å². The molecule has 3 aromatic rings. The Bertz CT molecular complexity index is 939. The molecule has 6 nitrogen and oxygen atoms in total. The highest BCUT2D eigenvalue weighted by molar-refractivity contribution is 6.30. The van der Waals surface area contributed by atoms with E-state index in [1.807, 2.05) is 6.92 Å². The topological polar surface area (TPSA) is 68.4 Å². The lowest BCUT2D eigenvalue weighted by atomic mass is 10.2. The van der Waals surface area contributed by atoms with Crippen LogP contribution in [-0.2, 0) is 7.05 Å². The molecule has 0 radical (unpaired) electrons. The summed E-state index contributed by atoms with van der Waals surface area (Å²) in [5.74, 6) is 0.153. The van der Waals surface area contributed by atoms with Gasteiger partial charge in [-0.15, -0.1) is 0 Å². The molecule has 0 aliphatic rings. The number of rotatable bonds is 3. The van der Waals surface area contributed by atoms with Crippen LogP contribution in [0.3, 0.4) is 0 Å². The third-order valence-corrected chi connectivity index (χ3v) is 3.86. The van der Waals surface area contributed by atoms with Gasteiger partial charge in [0.1, 0.15) is 17.2 Å². The summed E-state index contributed by atoms with van der Waals surface area (Å²) in [5, 5.41) is 3.39. The van der Waals surface area contributed by atoms with Gasteiger partial charge in [-0.3, -0.25) is 14.0 Å². The Morgan fingerprint density at radius 2 is 2.00 bits per heavy atom. The number of Topliss-reactive ketones (excluding diaryl/α,β-unsaturated/α-hetero) is 1. The molecular weight excluding hydrogens is 316 g/mol. The molecule has 0 aliphatic heterocycles. The standard InChI is InChI=1S/C16H15ClN4O2/c1-9-15(21-8-12(17)4-5-14(21)18-9)19-16(23)13-6-11(10(2)22)7-20(13)3/h4-8H,1-3H3,(H,19,23). The van der Waals surface area contributed by atoms with Crippen LogP contribution in [0.2, 0.25) is 5.02 Å². The largest absolute Gasteiger partial charge is 0.346 e. The minimum absolute atomic E-state index is 0.0857. The third-order valence-electron chi connectivity index (χ3n) is 3.63. The number of halogens is 1. The Labute approximate surface area is 137 Å². The molecule has 1 amide bonds. The Morgan fingerprint density at radius 3 is 2.65 bits per heavy atom. The first-order valence-electron chi connectivity index (χ1n) is 6.99. The van der Waals surface area contributed by atoms with Crippen LogP contribution in [0, 0.1) is 6.92 Å². The summed E-state index contributed by atoms with van der Waals surface area (Å²) in [7, 11) is 1.72. The van der Waals surface area contributed by atoms with Gasteiger partial charge >= 0.3 is 0 Å². The van der Waals surface area contributed by atoms with E-state index in [1.165, 1.54) is 6.92 Å². The number of fused-ring (bicyclic) bond motifs is 1. The average Bonchev–Trinajstić information content (AvgIpc) is 3.01. The zero-order valence-electron chi connectivity index (χ0n) is 12.9. The number of aromatic nitrogens is 3. The molecule has 0 saturated heterocycles. The summed E-state index contributed by atoms with van der Waals surface area (Å²) in [6, 6.07) is 5.09. The normalized spacial score (nSPS) is 11.0. The highest BCUT2D eigenvalue weighted by Gasteiger charge is 2.17. The summed E-state index contributed by atoms with van der Waals surface area (Å²) in [6.45, 7) is 3.27. The van der Waals surface area contributed by atoms with Gasteiger partial charge in [0.2, 0.25) is 0 Å². The van der Waals surface area contributed by atoms with E-state index in [-0.39, 0.29) is 11.7 Å². The van der Waals surface area contributed by atoms with E-state index in [2.05, 4.69) is 10.3 Å². The number of carbonyl (C=O) groups excluding carboxylic acids is 2. The van der Waals surface area contributed by atoms with Crippen molar-refractivity contribution >= 4 is 34.8 Å². The number of hydrogen-bond acceptors (Lipinski definition) is 3. The van der Waals surface area contributed by atoms with Crippen molar-refractivity contribution in [2.45, 2.75) is 13.8 Å². The SMILES string of the molecule is CC(=O)c1cc(C(=O)Nc2c(C)nc3ccc(Cl)cn23)n(C)c1. The number of hydrogen-bond donors (Lipinski definition) is 1. The summed E-state index contributed by atoms with van der Waals surface area (Å²) in [6.07, 6.45) is 3.33. The van der Waals surface area contributed by atoms with Crippen molar-refractivity contribution in [1.82, 2.24) is 14.0 Å². The van der Waals surface area contributed by atoms with Crippen molar-refractivity contribution in [3.63, 3.8) is 0 Å². The second kappa shape index (κ2) is 5.55. The lowest BCUT2D eigenvalue weighted by molar-refractivity contribution is 0.101. The van der Waals surface area contributed by atoms with Gasteiger partial charge in [-0.2, -0.15) is 0 Å². The Hall–Kier alpha value is -2.60. The molecule has 3 rings (SSSR count). The zero-order valence-corrected chi connectivity index (χ0v) is 13.7. The van der Waals surface area contributed by atoms with E-state index >= 15 is 0 Å². The number of aryl methyl sites for hydroxylation is 2. The van der Waals surface area contributed by atoms with Crippen LogP contribution in [0.5, 0.6) is 0 Å². The maximum absolute atomic E-state index is 12.5. The lowest BCUT2D eigenvalue weighted by Gasteiger charge is -2.07. The van der Waals surface area contributed by atoms with E-state index in [0.717, 1.165) is 0 Å². The van der Waals surface area contributed by atoms with Gasteiger partial charge in [0.05, 0.1) is 10.7 Å². The van der Waals surface area contributed by atoms with E-state index in [9.17, 15) is 9.59 Å². The molecule has 1 N–H and O–H groups in total. The number of carbonyl (C=O) groups is 2. The molecule has 23 heavy (non-hydrogen) atoms. The van der Waals surface area contributed by atoms with Crippen molar-refractivity contribution in [3.05, 3.63) is 52.6 Å². The highest BCUT2D eigenvalue weighted by Crippen LogP contribution is 2.21. The van der Waals surface area contributed by atoms with E-state index in [4.69, 9.17) is 11.6 Å². The lowest BCUT2D eigenvalue weighted by Crippen LogP contribution is -2.17. The molecule has 0 spiro atoms. The van der Waals surface area contributed by atoms with Gasteiger partial charge < -0.3 is 9.88 Å². The number of ketones is 1. The van der Waals surface area contributed by atoms with Crippen molar-refractivity contribution in [2.24, 2.45) is 7.05 Å².